The number of carbonyl (C=O) groups is 2. The average molecular weight is 362 g/mol. The summed E-state index contributed by atoms with van der Waals surface area (Å²) in [6, 6.07) is 9.12. The first-order valence-electron chi connectivity index (χ1n) is 8.88. The zero-order valence-corrected chi connectivity index (χ0v) is 15.5. The predicted molar refractivity (Wildman–Crippen MR) is 94.7 cm³/mol. The van der Waals surface area contributed by atoms with Gasteiger partial charge in [-0.2, -0.15) is 0 Å². The third kappa shape index (κ3) is 4.46. The van der Waals surface area contributed by atoms with E-state index < -0.39 is 5.60 Å². The summed E-state index contributed by atoms with van der Waals surface area (Å²) in [6.45, 7) is 7.29. The van der Waals surface area contributed by atoms with Crippen molar-refractivity contribution in [3.8, 4) is 0 Å². The molecule has 0 aliphatic carbocycles. The van der Waals surface area contributed by atoms with Crippen LogP contribution in [-0.4, -0.2) is 66.0 Å². The summed E-state index contributed by atoms with van der Waals surface area (Å²) in [7, 11) is 0. The molecule has 0 saturated carbocycles. The van der Waals surface area contributed by atoms with Crippen molar-refractivity contribution in [2.24, 2.45) is 0 Å². The number of morpholine rings is 1. The molecule has 0 aromatic heterocycles. The molecule has 2 aliphatic rings. The minimum absolute atomic E-state index is 0.221. The number of piperazine rings is 1. The monoisotopic (exact) mass is 362 g/mol. The van der Waals surface area contributed by atoms with Crippen molar-refractivity contribution in [3.63, 3.8) is 0 Å². The fraction of sp³-hybridized carbons (Fsp3) is 0.579. The topological polar surface area (TPSA) is 68.3 Å². The Labute approximate surface area is 153 Å². The molecule has 7 heteroatoms. The molecule has 0 radical (unpaired) electrons. The van der Waals surface area contributed by atoms with Gasteiger partial charge in [-0.3, -0.25) is 4.90 Å². The Hall–Kier alpha value is -2.28. The highest BCUT2D eigenvalue weighted by atomic mass is 16.6. The molecule has 2 amide bonds. The summed E-state index contributed by atoms with van der Waals surface area (Å²) in [5.41, 5.74) is 0.384. The zero-order chi connectivity index (χ0) is 18.7. The van der Waals surface area contributed by atoms with Gasteiger partial charge in [-0.1, -0.05) is 30.3 Å². The molecular weight excluding hydrogens is 336 g/mol. The second kappa shape index (κ2) is 7.53. The van der Waals surface area contributed by atoms with E-state index in [0.29, 0.717) is 26.3 Å². The van der Waals surface area contributed by atoms with Gasteiger partial charge in [0, 0.05) is 13.1 Å². The minimum Gasteiger partial charge on any atom is -0.445 e. The lowest BCUT2D eigenvalue weighted by molar-refractivity contribution is -0.0944. The summed E-state index contributed by atoms with van der Waals surface area (Å²) in [5.74, 6) is 0. The Kier molecular flexibility index (Phi) is 5.36. The van der Waals surface area contributed by atoms with Crippen LogP contribution < -0.4 is 0 Å². The molecule has 2 fully saturated rings. The Morgan fingerprint density at radius 2 is 1.69 bits per heavy atom. The van der Waals surface area contributed by atoms with Crippen LogP contribution in [0.2, 0.25) is 0 Å². The quantitative estimate of drug-likeness (QED) is 0.809. The summed E-state index contributed by atoms with van der Waals surface area (Å²) >= 11 is 0. The molecule has 2 aliphatic heterocycles. The molecule has 26 heavy (non-hydrogen) atoms. The normalized spacial score (nSPS) is 22.7. The van der Waals surface area contributed by atoms with Crippen LogP contribution in [0.15, 0.2) is 30.3 Å². The van der Waals surface area contributed by atoms with Crippen LogP contribution in [0.1, 0.15) is 26.3 Å². The molecule has 3 rings (SSSR count). The maximum absolute atomic E-state index is 12.5. The van der Waals surface area contributed by atoms with Gasteiger partial charge in [0.25, 0.3) is 0 Å². The summed E-state index contributed by atoms with van der Waals surface area (Å²) in [6.07, 6.45) is -0.720. The molecule has 2 atom stereocenters. The van der Waals surface area contributed by atoms with Gasteiger partial charge >= 0.3 is 12.2 Å². The van der Waals surface area contributed by atoms with Crippen LogP contribution in [0.5, 0.6) is 0 Å². The number of hydrogen-bond acceptors (Lipinski definition) is 5. The molecule has 0 unspecified atom stereocenters. The van der Waals surface area contributed by atoms with Gasteiger partial charge in [-0.05, 0) is 26.3 Å². The lowest BCUT2D eigenvalue weighted by atomic mass is 10.1. The summed E-state index contributed by atoms with van der Waals surface area (Å²) in [4.78, 5) is 28.3. The largest absolute Gasteiger partial charge is 0.445 e. The van der Waals surface area contributed by atoms with E-state index in [0.717, 1.165) is 5.56 Å². The third-order valence-corrected chi connectivity index (χ3v) is 4.34. The van der Waals surface area contributed by atoms with E-state index in [2.05, 4.69) is 0 Å². The molecule has 0 spiro atoms. The lowest BCUT2D eigenvalue weighted by Gasteiger charge is -2.48. The van der Waals surface area contributed by atoms with E-state index in [4.69, 9.17) is 14.2 Å². The fourth-order valence-electron chi connectivity index (χ4n) is 3.24. The van der Waals surface area contributed by atoms with Crippen LogP contribution in [-0.2, 0) is 20.8 Å². The highest BCUT2D eigenvalue weighted by Gasteiger charge is 2.44. The molecule has 142 valence electrons. The highest BCUT2D eigenvalue weighted by Crippen LogP contribution is 2.24. The third-order valence-electron chi connectivity index (χ3n) is 4.34. The van der Waals surface area contributed by atoms with Crippen molar-refractivity contribution in [3.05, 3.63) is 35.9 Å². The number of ether oxygens (including phenoxy) is 3. The molecule has 7 nitrogen and oxygen atoms in total. The van der Waals surface area contributed by atoms with Gasteiger partial charge < -0.3 is 19.1 Å². The van der Waals surface area contributed by atoms with Gasteiger partial charge in [0.2, 0.25) is 0 Å². The number of rotatable bonds is 2. The van der Waals surface area contributed by atoms with Gasteiger partial charge in [0.1, 0.15) is 12.2 Å². The molecule has 2 saturated heterocycles. The van der Waals surface area contributed by atoms with Crippen molar-refractivity contribution in [1.29, 1.82) is 0 Å². The van der Waals surface area contributed by atoms with Gasteiger partial charge in [-0.25, -0.2) is 9.59 Å². The second-order valence-electron chi connectivity index (χ2n) is 7.68. The standard InChI is InChI=1S/C19H26N2O5/c1-19(2,3)26-18(23)21-15-9-20(10-16(21)13-24-12-15)17(22)25-11-14-7-5-4-6-8-14/h4-8,15-16H,9-13H2,1-3H3/t15-,16+. The van der Waals surface area contributed by atoms with Crippen LogP contribution in [0, 0.1) is 0 Å². The number of fused-ring (bicyclic) bond motifs is 2. The van der Waals surface area contributed by atoms with Crippen molar-refractivity contribution < 1.29 is 23.8 Å². The van der Waals surface area contributed by atoms with E-state index >= 15 is 0 Å². The predicted octanol–water partition coefficient (Wildman–Crippen LogP) is 2.64. The Bertz CT molecular complexity index is 629. The average Bonchev–Trinajstić information content (AvgIpc) is 2.58. The van der Waals surface area contributed by atoms with Crippen molar-refractivity contribution in [2.75, 3.05) is 26.3 Å². The van der Waals surface area contributed by atoms with Crippen molar-refractivity contribution in [1.82, 2.24) is 9.80 Å². The van der Waals surface area contributed by atoms with E-state index in [9.17, 15) is 9.59 Å². The number of hydrogen-bond donors (Lipinski definition) is 0. The fourth-order valence-corrected chi connectivity index (χ4v) is 3.24. The number of carbonyl (C=O) groups excluding carboxylic acids is 2. The maximum Gasteiger partial charge on any atom is 0.411 e. The van der Waals surface area contributed by atoms with Crippen molar-refractivity contribution >= 4 is 12.2 Å². The molecule has 2 bridgehead atoms. The van der Waals surface area contributed by atoms with Gasteiger partial charge in [0.05, 0.1) is 25.3 Å². The summed E-state index contributed by atoms with van der Waals surface area (Å²) < 4.78 is 16.5. The van der Waals surface area contributed by atoms with Gasteiger partial charge in [0.15, 0.2) is 0 Å². The number of amides is 2. The first kappa shape index (κ1) is 18.5. The maximum atomic E-state index is 12.5. The Morgan fingerprint density at radius 1 is 1.08 bits per heavy atom. The number of nitrogens with zero attached hydrogens (tertiary/aromatic N) is 2. The molecule has 2 heterocycles. The first-order valence-corrected chi connectivity index (χ1v) is 8.88. The van der Waals surface area contributed by atoms with E-state index in [-0.39, 0.29) is 30.9 Å². The molecule has 1 aromatic rings. The van der Waals surface area contributed by atoms with Crippen LogP contribution in [0.3, 0.4) is 0 Å². The minimum atomic E-state index is -0.558. The SMILES string of the molecule is CC(C)(C)OC(=O)N1[C@@H]2COC[C@H]1CN(C(=O)OCc1ccccc1)C2. The smallest absolute Gasteiger partial charge is 0.411 e. The van der Waals surface area contributed by atoms with Gasteiger partial charge in [-0.15, -0.1) is 0 Å². The zero-order valence-electron chi connectivity index (χ0n) is 15.5. The second-order valence-corrected chi connectivity index (χ2v) is 7.68. The van der Waals surface area contributed by atoms with Crippen molar-refractivity contribution in [2.45, 2.75) is 45.1 Å². The molecule has 1 aromatic carbocycles. The van der Waals surface area contributed by atoms with Crippen LogP contribution in [0.4, 0.5) is 9.59 Å². The molecular formula is C19H26N2O5. The Morgan fingerprint density at radius 3 is 2.27 bits per heavy atom. The Balaban J connectivity index is 1.60. The van der Waals surface area contributed by atoms with E-state index in [1.807, 2.05) is 51.1 Å². The summed E-state index contributed by atoms with van der Waals surface area (Å²) in [5, 5.41) is 0. The lowest BCUT2D eigenvalue weighted by Crippen LogP contribution is -2.67. The highest BCUT2D eigenvalue weighted by molar-refractivity contribution is 5.71. The van der Waals surface area contributed by atoms with E-state index in [1.54, 1.807) is 9.80 Å². The van der Waals surface area contributed by atoms with Crippen LogP contribution in [0.25, 0.3) is 0 Å². The number of benzene rings is 1. The first-order chi connectivity index (χ1) is 12.3. The van der Waals surface area contributed by atoms with Crippen LogP contribution >= 0.6 is 0 Å². The molecule has 0 N–H and O–H groups in total. The van der Waals surface area contributed by atoms with E-state index in [1.165, 1.54) is 0 Å².